The van der Waals surface area contributed by atoms with Crippen molar-refractivity contribution in [2.24, 2.45) is 0 Å². The van der Waals surface area contributed by atoms with Crippen molar-refractivity contribution in [2.75, 3.05) is 0 Å². The van der Waals surface area contributed by atoms with Gasteiger partial charge >= 0.3 is 0 Å². The molecule has 82 heavy (non-hydrogen) atoms. The van der Waals surface area contributed by atoms with Gasteiger partial charge in [0.15, 0.2) is 0 Å². The molecule has 0 N–H and O–H groups in total. The van der Waals surface area contributed by atoms with Gasteiger partial charge in [-0.25, -0.2) is 4.98 Å². The van der Waals surface area contributed by atoms with Crippen molar-refractivity contribution in [1.29, 1.82) is 0 Å². The zero-order chi connectivity index (χ0) is 57.0. The van der Waals surface area contributed by atoms with E-state index in [9.17, 15) is 0 Å². The van der Waals surface area contributed by atoms with Crippen LogP contribution in [0.2, 0.25) is 0 Å². The van der Waals surface area contributed by atoms with Crippen LogP contribution in [0, 0.1) is 6.33 Å². The van der Waals surface area contributed by atoms with Crippen LogP contribution in [0.1, 0.15) is 155 Å². The Kier molecular flexibility index (Phi) is 11.4. The van der Waals surface area contributed by atoms with E-state index in [1.165, 1.54) is 90.6 Å². The topological polar surface area (TPSA) is 35.9 Å². The molecule has 0 unspecified atom stereocenters. The predicted octanol–water partition coefficient (Wildman–Crippen LogP) is 19.6. The van der Waals surface area contributed by atoms with Gasteiger partial charge in [0.25, 0.3) is 6.33 Å². The molecule has 3 aliphatic rings. The first kappa shape index (κ1) is 52.1. The molecule has 11 aromatic rings. The number of hydrogen-bond donors (Lipinski definition) is 0. The fourth-order valence-electron chi connectivity index (χ4n) is 14.5. The maximum atomic E-state index is 7.02. The van der Waals surface area contributed by atoms with Crippen molar-refractivity contribution in [3.05, 3.63) is 221 Å². The molecule has 0 atom stereocenters. The molecule has 410 valence electrons. The Bertz CT molecular complexity index is 4350. The first-order valence-corrected chi connectivity index (χ1v) is 29.9. The Hall–Kier alpha value is -8.02. The van der Waals surface area contributed by atoms with E-state index in [4.69, 9.17) is 9.72 Å². The molecule has 0 fully saturated rings. The van der Waals surface area contributed by atoms with E-state index in [0.29, 0.717) is 0 Å². The number of benzene rings is 8. The van der Waals surface area contributed by atoms with Gasteiger partial charge in [0.1, 0.15) is 17.3 Å². The first-order valence-electron chi connectivity index (χ1n) is 29.9. The van der Waals surface area contributed by atoms with E-state index in [2.05, 4.69) is 280 Å². The molecule has 0 amide bonds. The highest BCUT2D eigenvalue weighted by molar-refractivity contribution is 6.12. The van der Waals surface area contributed by atoms with Crippen molar-refractivity contribution in [3.8, 4) is 62.1 Å². The minimum Gasteiger partial charge on any atom is -0.458 e. The highest BCUT2D eigenvalue weighted by Crippen LogP contribution is 2.53. The number of rotatable bonds is 7. The lowest BCUT2D eigenvalue weighted by molar-refractivity contribution is -0.571. The molecule has 3 aromatic heterocycles. The van der Waals surface area contributed by atoms with Crippen LogP contribution in [0.5, 0.6) is 11.5 Å². The van der Waals surface area contributed by atoms with E-state index in [1.807, 2.05) is 6.20 Å². The maximum Gasteiger partial charge on any atom is 0.269 e. The average molecular weight is 1070 g/mol. The molecule has 3 heterocycles. The van der Waals surface area contributed by atoms with Crippen LogP contribution in [-0.4, -0.2) is 14.1 Å². The number of aromatic nitrogens is 4. The maximum absolute atomic E-state index is 7.02. The van der Waals surface area contributed by atoms with E-state index >= 15 is 0 Å². The minimum absolute atomic E-state index is 0.0545. The molecular weight excluding hydrogens is 997 g/mol. The van der Waals surface area contributed by atoms with Crippen molar-refractivity contribution >= 4 is 32.8 Å². The van der Waals surface area contributed by atoms with E-state index in [-0.39, 0.29) is 32.5 Å². The third-order valence-corrected chi connectivity index (χ3v) is 19.7. The highest BCUT2D eigenvalue weighted by atomic mass is 16.5. The summed E-state index contributed by atoms with van der Waals surface area (Å²) in [4.78, 5) is 5.09. The van der Waals surface area contributed by atoms with Crippen molar-refractivity contribution < 1.29 is 9.30 Å². The largest absolute Gasteiger partial charge is 0.458 e. The van der Waals surface area contributed by atoms with Crippen LogP contribution in [0.15, 0.2) is 176 Å². The third kappa shape index (κ3) is 8.15. The SMILES string of the molecule is CC(C)(C)c1ccnc(-n2c3cc(Oc4cccc(-n5[c-][n+](-c6c(-c7ccc8c(c7)C(C)(C)CCC8(C)C)cccc6-c6ccc7c(c6)C(C)(C)CCC7(C)C)c6ccccc65)c4)ccc3c3cc4c(cc32)C(C)(C)c2ccccc2-4)c1. The number of pyridine rings is 1. The molecule has 0 radical (unpaired) electrons. The zero-order valence-electron chi connectivity index (χ0n) is 50.3. The van der Waals surface area contributed by atoms with Gasteiger partial charge in [0.05, 0.1) is 33.4 Å². The lowest BCUT2D eigenvalue weighted by atomic mass is 9.62. The molecular formula is C77H76N4O. The lowest BCUT2D eigenvalue weighted by Crippen LogP contribution is -2.34. The number of hydrogen-bond acceptors (Lipinski definition) is 2. The molecule has 14 rings (SSSR count). The molecule has 0 saturated carbocycles. The fourth-order valence-corrected chi connectivity index (χ4v) is 14.5. The summed E-state index contributed by atoms with van der Waals surface area (Å²) in [6.45, 7) is 30.9. The van der Waals surface area contributed by atoms with Gasteiger partial charge in [-0.3, -0.25) is 13.7 Å². The normalized spacial score (nSPS) is 17.1. The van der Waals surface area contributed by atoms with E-state index < -0.39 is 0 Å². The number of fused-ring (bicyclic) bond motifs is 9. The Balaban J connectivity index is 0.915. The van der Waals surface area contributed by atoms with Crippen molar-refractivity contribution in [3.63, 3.8) is 0 Å². The number of imidazole rings is 1. The second-order valence-corrected chi connectivity index (χ2v) is 28.4. The minimum atomic E-state index is -0.151. The summed E-state index contributed by atoms with van der Waals surface area (Å²) < 4.78 is 13.9. The zero-order valence-corrected chi connectivity index (χ0v) is 50.3. The smallest absolute Gasteiger partial charge is 0.269 e. The third-order valence-electron chi connectivity index (χ3n) is 19.7. The number of nitrogens with zero attached hydrogens (tertiary/aromatic N) is 4. The fraction of sp³-hybridized carbons (Fsp3) is 0.299. The average Bonchev–Trinajstić information content (AvgIpc) is 2.36. The van der Waals surface area contributed by atoms with Crippen LogP contribution in [-0.2, 0) is 32.5 Å². The molecule has 5 nitrogen and oxygen atoms in total. The van der Waals surface area contributed by atoms with Crippen LogP contribution in [0.4, 0.5) is 0 Å². The van der Waals surface area contributed by atoms with Gasteiger partial charge in [0.2, 0.25) is 0 Å². The second kappa shape index (κ2) is 18.0. The molecule has 5 heteroatoms. The van der Waals surface area contributed by atoms with Gasteiger partial charge in [-0.2, -0.15) is 0 Å². The Labute approximate surface area is 485 Å². The van der Waals surface area contributed by atoms with Gasteiger partial charge in [-0.1, -0.05) is 199 Å². The van der Waals surface area contributed by atoms with E-state index in [1.54, 1.807) is 0 Å². The molecule has 0 spiro atoms. The molecule has 8 aromatic carbocycles. The van der Waals surface area contributed by atoms with Crippen LogP contribution in [0.3, 0.4) is 0 Å². The lowest BCUT2D eigenvalue weighted by Gasteiger charge is -2.42. The number of ether oxygens (including phenoxy) is 1. The quantitative estimate of drug-likeness (QED) is 0.118. The summed E-state index contributed by atoms with van der Waals surface area (Å²) in [5.41, 5.74) is 23.7. The summed E-state index contributed by atoms with van der Waals surface area (Å²) in [7, 11) is 0. The second-order valence-electron chi connectivity index (χ2n) is 28.4. The van der Waals surface area contributed by atoms with E-state index in [0.717, 1.165) is 69.0 Å². The van der Waals surface area contributed by atoms with Crippen LogP contribution < -0.4 is 9.30 Å². The van der Waals surface area contributed by atoms with Crippen molar-refractivity contribution in [2.45, 2.75) is 148 Å². The van der Waals surface area contributed by atoms with Crippen LogP contribution >= 0.6 is 0 Å². The van der Waals surface area contributed by atoms with Crippen molar-refractivity contribution in [1.82, 2.24) is 14.1 Å². The molecule has 0 aliphatic heterocycles. The summed E-state index contributed by atoms with van der Waals surface area (Å²) in [6, 6.07) is 63.5. The summed E-state index contributed by atoms with van der Waals surface area (Å²) in [5, 5.41) is 2.36. The summed E-state index contributed by atoms with van der Waals surface area (Å²) in [6.07, 6.45) is 10.6. The predicted molar refractivity (Wildman–Crippen MR) is 340 cm³/mol. The molecule has 3 aliphatic carbocycles. The summed E-state index contributed by atoms with van der Waals surface area (Å²) in [5.74, 6) is 2.39. The van der Waals surface area contributed by atoms with Gasteiger partial charge in [0, 0.05) is 28.5 Å². The Morgan fingerprint density at radius 3 is 1.72 bits per heavy atom. The highest BCUT2D eigenvalue weighted by Gasteiger charge is 2.40. The Morgan fingerprint density at radius 2 is 1.05 bits per heavy atom. The van der Waals surface area contributed by atoms with Gasteiger partial charge < -0.3 is 4.74 Å². The molecule has 0 saturated heterocycles. The molecule has 0 bridgehead atoms. The first-order chi connectivity index (χ1) is 39.0. The van der Waals surface area contributed by atoms with Gasteiger partial charge in [-0.05, 0) is 180 Å². The van der Waals surface area contributed by atoms with Crippen LogP contribution in [0.25, 0.3) is 83.4 Å². The Morgan fingerprint density at radius 1 is 0.463 bits per heavy atom. The number of para-hydroxylation sites is 3. The monoisotopic (exact) mass is 1070 g/mol. The summed E-state index contributed by atoms with van der Waals surface area (Å²) >= 11 is 0. The van der Waals surface area contributed by atoms with Gasteiger partial charge in [-0.15, -0.1) is 0 Å². The standard InChI is InChI=1S/C77H76N4O/c1-72(2,3)50-34-39-78-70(42-50)81-68-44-53(30-31-57(68)59-45-58-56-22-14-15-25-60(56)77(12,13)63(58)46-69(59)81)82-52-21-18-20-51(43-52)79-47-80(67-27-17-16-26-66(67)79)71-54(48-28-32-61-64(40-48)75(8,9)37-35-73(61,4)5)23-19-24-55(71)49-29-33-62-65(41-49)76(10,11)38-36-74(62,6)7/h14-34,39-46H,35-38H2,1-13H3.